The van der Waals surface area contributed by atoms with Crippen LogP contribution in [0.15, 0.2) is 53.5 Å². The second-order valence-electron chi connectivity index (χ2n) is 6.29. The minimum Gasteiger partial charge on any atom is -0.366 e. The van der Waals surface area contributed by atoms with Crippen molar-refractivity contribution in [1.29, 1.82) is 0 Å². The lowest BCUT2D eigenvalue weighted by Gasteiger charge is -2.35. The van der Waals surface area contributed by atoms with Crippen LogP contribution in [0, 0.1) is 0 Å². The second kappa shape index (κ2) is 4.73. The summed E-state index contributed by atoms with van der Waals surface area (Å²) < 4.78 is 0. The van der Waals surface area contributed by atoms with Gasteiger partial charge in [0.05, 0.1) is 17.9 Å². The van der Waals surface area contributed by atoms with E-state index in [9.17, 15) is 0 Å². The third-order valence-corrected chi connectivity index (χ3v) is 4.81. The molecule has 0 unspecified atom stereocenters. The molecule has 1 aliphatic heterocycles. The summed E-state index contributed by atoms with van der Waals surface area (Å²) in [6, 6.07) is 17.5. The fourth-order valence-corrected chi connectivity index (χ4v) is 3.78. The molecule has 0 amide bonds. The molecule has 4 rings (SSSR count). The van der Waals surface area contributed by atoms with Crippen LogP contribution in [-0.2, 0) is 12.8 Å². The van der Waals surface area contributed by atoms with E-state index in [-0.39, 0.29) is 5.54 Å². The first kappa shape index (κ1) is 12.6. The summed E-state index contributed by atoms with van der Waals surface area (Å²) in [4.78, 5) is 4.57. The number of fused-ring (bicyclic) bond motifs is 1. The maximum Gasteiger partial charge on any atom is 0.0937 e. The number of hydrogen-bond acceptors (Lipinski definition) is 2. The molecule has 21 heavy (non-hydrogen) atoms. The number of nitrogens with zero attached hydrogens (tertiary/aromatic N) is 1. The van der Waals surface area contributed by atoms with E-state index in [1.165, 1.54) is 28.7 Å². The highest BCUT2D eigenvalue weighted by atomic mass is 15.1. The van der Waals surface area contributed by atoms with Crippen LogP contribution in [0.5, 0.6) is 0 Å². The van der Waals surface area contributed by atoms with Crippen molar-refractivity contribution < 1.29 is 0 Å². The molecular weight excluding hydrogens is 256 g/mol. The van der Waals surface area contributed by atoms with Gasteiger partial charge in [0.25, 0.3) is 0 Å². The predicted octanol–water partition coefficient (Wildman–Crippen LogP) is 3.60. The summed E-state index contributed by atoms with van der Waals surface area (Å²) in [5, 5.41) is 3.62. The van der Waals surface area contributed by atoms with Gasteiger partial charge in [-0.3, -0.25) is 4.99 Å². The monoisotopic (exact) mass is 276 g/mol. The van der Waals surface area contributed by atoms with Crippen LogP contribution in [0.4, 0.5) is 0 Å². The third kappa shape index (κ3) is 2.15. The highest BCUT2D eigenvalue weighted by Gasteiger charge is 2.37. The van der Waals surface area contributed by atoms with Gasteiger partial charge in [-0.1, -0.05) is 48.5 Å². The van der Waals surface area contributed by atoms with Crippen molar-refractivity contribution in [2.45, 2.75) is 31.7 Å². The first-order valence-corrected chi connectivity index (χ1v) is 7.71. The zero-order chi connectivity index (χ0) is 14.3. The van der Waals surface area contributed by atoms with Gasteiger partial charge in [-0.2, -0.15) is 0 Å². The highest BCUT2D eigenvalue weighted by molar-refractivity contribution is 5.82. The van der Waals surface area contributed by atoms with Crippen molar-refractivity contribution in [3.8, 4) is 11.1 Å². The number of amidine groups is 1. The Bertz CT molecular complexity index is 703. The normalized spacial score (nSPS) is 23.6. The van der Waals surface area contributed by atoms with Crippen molar-refractivity contribution in [2.75, 3.05) is 6.54 Å². The summed E-state index contributed by atoms with van der Waals surface area (Å²) in [5.74, 6) is 1.10. The van der Waals surface area contributed by atoms with Crippen LogP contribution in [0.1, 0.15) is 24.5 Å². The molecule has 1 heterocycles. The molecule has 2 nitrogen and oxygen atoms in total. The Morgan fingerprint density at radius 2 is 1.90 bits per heavy atom. The van der Waals surface area contributed by atoms with Crippen LogP contribution in [0.3, 0.4) is 0 Å². The van der Waals surface area contributed by atoms with Crippen LogP contribution < -0.4 is 5.32 Å². The molecular formula is C19H20N2. The minimum absolute atomic E-state index is 0.173. The van der Waals surface area contributed by atoms with Gasteiger partial charge in [0, 0.05) is 0 Å². The molecule has 1 aliphatic carbocycles. The molecule has 0 radical (unpaired) electrons. The molecule has 2 aliphatic rings. The van der Waals surface area contributed by atoms with Crippen molar-refractivity contribution in [3.63, 3.8) is 0 Å². The Morgan fingerprint density at radius 1 is 1.05 bits per heavy atom. The van der Waals surface area contributed by atoms with E-state index in [1.807, 2.05) is 0 Å². The maximum atomic E-state index is 4.57. The Balaban J connectivity index is 1.72. The zero-order valence-electron chi connectivity index (χ0n) is 12.4. The number of nitrogens with one attached hydrogen (secondary N) is 1. The Labute approximate surface area is 125 Å². The Hall–Kier alpha value is -2.09. The summed E-state index contributed by atoms with van der Waals surface area (Å²) in [6.07, 6.45) is 3.39. The van der Waals surface area contributed by atoms with E-state index in [2.05, 4.69) is 65.8 Å². The first-order valence-electron chi connectivity index (χ1n) is 7.71. The largest absolute Gasteiger partial charge is 0.366 e. The van der Waals surface area contributed by atoms with Gasteiger partial charge in [-0.15, -0.1) is 0 Å². The van der Waals surface area contributed by atoms with Crippen molar-refractivity contribution in [2.24, 2.45) is 4.99 Å². The molecule has 0 aromatic heterocycles. The maximum absolute atomic E-state index is 4.57. The number of hydrogen-bond donors (Lipinski definition) is 1. The fourth-order valence-electron chi connectivity index (χ4n) is 3.78. The lowest BCUT2D eigenvalue weighted by atomic mass is 9.76. The summed E-state index contributed by atoms with van der Waals surface area (Å²) in [5.41, 5.74) is 5.92. The van der Waals surface area contributed by atoms with E-state index in [4.69, 9.17) is 0 Å². The van der Waals surface area contributed by atoms with E-state index >= 15 is 0 Å². The van der Waals surface area contributed by atoms with E-state index < -0.39 is 0 Å². The lowest BCUT2D eigenvalue weighted by Crippen LogP contribution is -2.49. The van der Waals surface area contributed by atoms with Gasteiger partial charge in [-0.25, -0.2) is 0 Å². The predicted molar refractivity (Wildman–Crippen MR) is 87.7 cm³/mol. The number of aliphatic imine (C=N–C) groups is 1. The Kier molecular flexibility index (Phi) is 2.85. The molecule has 1 spiro atoms. The minimum atomic E-state index is 0.173. The lowest BCUT2D eigenvalue weighted by molar-refractivity contribution is 0.362. The van der Waals surface area contributed by atoms with Gasteiger partial charge in [-0.05, 0) is 48.4 Å². The smallest absolute Gasteiger partial charge is 0.0937 e. The average Bonchev–Trinajstić information content (AvgIpc) is 2.88. The molecule has 2 heteroatoms. The van der Waals surface area contributed by atoms with Gasteiger partial charge >= 0.3 is 0 Å². The van der Waals surface area contributed by atoms with E-state index in [1.54, 1.807) is 0 Å². The summed E-state index contributed by atoms with van der Waals surface area (Å²) in [7, 11) is 0. The third-order valence-electron chi connectivity index (χ3n) is 4.81. The molecule has 0 saturated heterocycles. The van der Waals surface area contributed by atoms with Crippen LogP contribution in [0.2, 0.25) is 0 Å². The molecule has 0 fully saturated rings. The highest BCUT2D eigenvalue weighted by Crippen LogP contribution is 2.36. The standard InChI is InChI=1S/C19H20N2/c1-14-20-13-19(21-14)11-10-18-16(12-19)8-5-9-17(18)15-6-3-2-4-7-15/h2-9H,10-13H2,1H3,(H,20,21)/t19-/m0/s1. The molecule has 1 atom stereocenters. The van der Waals surface area contributed by atoms with Gasteiger partial charge in [0.1, 0.15) is 0 Å². The van der Waals surface area contributed by atoms with E-state index in [0.29, 0.717) is 0 Å². The quantitative estimate of drug-likeness (QED) is 0.845. The first-order chi connectivity index (χ1) is 10.3. The van der Waals surface area contributed by atoms with E-state index in [0.717, 1.165) is 25.2 Å². The van der Waals surface area contributed by atoms with Gasteiger partial charge in [0.15, 0.2) is 0 Å². The number of rotatable bonds is 1. The van der Waals surface area contributed by atoms with Crippen LogP contribution in [-0.4, -0.2) is 17.9 Å². The van der Waals surface area contributed by atoms with Crippen LogP contribution in [0.25, 0.3) is 11.1 Å². The van der Waals surface area contributed by atoms with Gasteiger partial charge in [0.2, 0.25) is 0 Å². The van der Waals surface area contributed by atoms with Crippen molar-refractivity contribution in [1.82, 2.24) is 5.32 Å². The molecule has 106 valence electrons. The second-order valence-corrected chi connectivity index (χ2v) is 6.29. The summed E-state index contributed by atoms with van der Waals surface area (Å²) >= 11 is 0. The van der Waals surface area contributed by atoms with Crippen LogP contribution >= 0.6 is 0 Å². The van der Waals surface area contributed by atoms with Crippen molar-refractivity contribution >= 4 is 5.84 Å². The molecule has 0 saturated carbocycles. The van der Waals surface area contributed by atoms with Crippen molar-refractivity contribution in [3.05, 3.63) is 59.7 Å². The Morgan fingerprint density at radius 3 is 2.67 bits per heavy atom. The number of benzene rings is 2. The fraction of sp³-hybridized carbons (Fsp3) is 0.316. The molecule has 2 aromatic carbocycles. The summed E-state index contributed by atoms with van der Waals surface area (Å²) in [6.45, 7) is 3.00. The topological polar surface area (TPSA) is 24.4 Å². The molecule has 0 bridgehead atoms. The molecule has 2 aromatic rings. The SMILES string of the molecule is CC1=NC[C@@]2(CCc3c(cccc3-c3ccccc3)C2)N1. The average molecular weight is 276 g/mol. The molecule has 1 N–H and O–H groups in total. The zero-order valence-corrected chi connectivity index (χ0v) is 12.4. The van der Waals surface area contributed by atoms with Gasteiger partial charge < -0.3 is 5.32 Å².